The molecule has 5 rings (SSSR count). The topological polar surface area (TPSA) is 9.23 Å². The molecule has 11 heteroatoms. The highest BCUT2D eigenvalue weighted by Crippen LogP contribution is 2.41. The van der Waals surface area contributed by atoms with Crippen LogP contribution in [0.3, 0.4) is 0 Å². The van der Waals surface area contributed by atoms with E-state index in [9.17, 15) is 22.0 Å². The number of rotatable bonds is 11. The predicted molar refractivity (Wildman–Crippen MR) is 167 cm³/mol. The quantitative estimate of drug-likeness (QED) is 0.0863. The number of benzene rings is 4. The summed E-state index contributed by atoms with van der Waals surface area (Å²) in [6.45, 7) is 2.11. The molecule has 0 atom stereocenters. The van der Waals surface area contributed by atoms with Crippen LogP contribution in [0.15, 0.2) is 72.6 Å². The van der Waals surface area contributed by atoms with Gasteiger partial charge in [-0.25, -0.2) is 35.1 Å². The molecule has 0 spiro atoms. The van der Waals surface area contributed by atoms with Crippen molar-refractivity contribution in [1.29, 1.82) is 0 Å². The van der Waals surface area contributed by atoms with E-state index in [1.54, 1.807) is 0 Å². The Hall–Kier alpha value is -4.28. The van der Waals surface area contributed by atoms with Crippen LogP contribution in [0.1, 0.15) is 69.4 Å². The minimum absolute atomic E-state index is 0.0796. The lowest BCUT2D eigenvalue weighted by Gasteiger charge is -2.27. The van der Waals surface area contributed by atoms with E-state index < -0.39 is 75.5 Å². The van der Waals surface area contributed by atoms with Gasteiger partial charge in [0.05, 0.1) is 5.56 Å². The standard InChI is InChI=1S/C38H32F10O/c1-2-3-4-5-21-6-8-22(9-7-21)35(44)36(45)24-11-15-29(32(41)17-24)38(47,48)49-26-12-14-27(31(40)20-26)23-10-13-28(30(39)16-23)25-18-33(42)37(46)34(43)19-25/h10-22H,2-9H2,1H3. The van der Waals surface area contributed by atoms with Crippen LogP contribution in [0.2, 0.25) is 0 Å². The number of alkyl halides is 2. The Balaban J connectivity index is 1.28. The summed E-state index contributed by atoms with van der Waals surface area (Å²) >= 11 is 0. The highest BCUT2D eigenvalue weighted by Gasteiger charge is 2.38. The largest absolute Gasteiger partial charge is 0.429 e. The van der Waals surface area contributed by atoms with Crippen molar-refractivity contribution in [2.75, 3.05) is 0 Å². The van der Waals surface area contributed by atoms with E-state index in [1.807, 2.05) is 0 Å². The zero-order chi connectivity index (χ0) is 35.5. The van der Waals surface area contributed by atoms with Gasteiger partial charge in [-0.2, -0.15) is 8.78 Å². The zero-order valence-electron chi connectivity index (χ0n) is 26.4. The summed E-state index contributed by atoms with van der Waals surface area (Å²) in [5.74, 6) is -11.8. The lowest BCUT2D eigenvalue weighted by Crippen LogP contribution is -2.23. The molecule has 0 N–H and O–H groups in total. The van der Waals surface area contributed by atoms with Gasteiger partial charge in [0.2, 0.25) is 0 Å². The van der Waals surface area contributed by atoms with Gasteiger partial charge < -0.3 is 4.74 Å². The molecule has 260 valence electrons. The van der Waals surface area contributed by atoms with Crippen molar-refractivity contribution in [3.05, 3.63) is 119 Å². The fourth-order valence-electron chi connectivity index (χ4n) is 6.22. The first-order chi connectivity index (χ1) is 23.3. The molecule has 4 aromatic carbocycles. The number of allylic oxidation sites excluding steroid dienone is 1. The van der Waals surface area contributed by atoms with Crippen molar-refractivity contribution in [2.45, 2.75) is 64.4 Å². The monoisotopic (exact) mass is 694 g/mol. The van der Waals surface area contributed by atoms with Gasteiger partial charge >= 0.3 is 6.11 Å². The minimum atomic E-state index is -4.36. The molecular weight excluding hydrogens is 662 g/mol. The minimum Gasteiger partial charge on any atom is -0.429 e. The average molecular weight is 695 g/mol. The molecule has 0 aliphatic heterocycles. The Morgan fingerprint density at radius 1 is 0.673 bits per heavy atom. The van der Waals surface area contributed by atoms with Crippen LogP contribution in [0.25, 0.3) is 28.1 Å². The normalized spacial score (nSPS) is 17.2. The van der Waals surface area contributed by atoms with E-state index in [0.29, 0.717) is 49.1 Å². The third kappa shape index (κ3) is 8.13. The van der Waals surface area contributed by atoms with Gasteiger partial charge in [0.15, 0.2) is 23.3 Å². The Morgan fingerprint density at radius 3 is 1.90 bits per heavy atom. The van der Waals surface area contributed by atoms with Crippen LogP contribution >= 0.6 is 0 Å². The summed E-state index contributed by atoms with van der Waals surface area (Å²) in [6, 6.07) is 8.58. The molecule has 0 unspecified atom stereocenters. The fraction of sp³-hybridized carbons (Fsp3) is 0.316. The molecular formula is C38H32F10O. The van der Waals surface area contributed by atoms with E-state index in [1.165, 1.54) is 6.07 Å². The van der Waals surface area contributed by atoms with Crippen LogP contribution in [0.4, 0.5) is 43.9 Å². The molecule has 0 heterocycles. The summed E-state index contributed by atoms with van der Waals surface area (Å²) in [5, 5.41) is 0. The molecule has 1 aliphatic carbocycles. The first-order valence-corrected chi connectivity index (χ1v) is 16.0. The number of ether oxygens (including phenoxy) is 1. The molecule has 1 nitrogen and oxygen atoms in total. The first-order valence-electron chi connectivity index (χ1n) is 16.0. The van der Waals surface area contributed by atoms with Crippen molar-refractivity contribution in [3.8, 4) is 28.0 Å². The van der Waals surface area contributed by atoms with E-state index in [4.69, 9.17) is 0 Å². The maximum Gasteiger partial charge on any atom is 0.429 e. The Labute approximate surface area is 277 Å². The van der Waals surface area contributed by atoms with Crippen molar-refractivity contribution in [3.63, 3.8) is 0 Å². The van der Waals surface area contributed by atoms with E-state index in [0.717, 1.165) is 68.9 Å². The second-order valence-electron chi connectivity index (χ2n) is 12.3. The van der Waals surface area contributed by atoms with E-state index in [-0.39, 0.29) is 22.3 Å². The molecule has 0 bridgehead atoms. The summed E-state index contributed by atoms with van der Waals surface area (Å²) in [6.07, 6.45) is 2.36. The molecule has 0 radical (unpaired) electrons. The van der Waals surface area contributed by atoms with Crippen molar-refractivity contribution in [1.82, 2.24) is 0 Å². The van der Waals surface area contributed by atoms with E-state index in [2.05, 4.69) is 11.7 Å². The fourth-order valence-corrected chi connectivity index (χ4v) is 6.22. The zero-order valence-corrected chi connectivity index (χ0v) is 26.4. The van der Waals surface area contributed by atoms with Gasteiger partial charge in [-0.15, -0.1) is 0 Å². The highest BCUT2D eigenvalue weighted by atomic mass is 19.3. The summed E-state index contributed by atoms with van der Waals surface area (Å²) in [5.41, 5.74) is -2.80. The molecule has 0 aromatic heterocycles. The maximum absolute atomic E-state index is 15.0. The van der Waals surface area contributed by atoms with Crippen molar-refractivity contribution < 1.29 is 48.6 Å². The first kappa shape index (κ1) is 36.0. The molecule has 1 fully saturated rings. The average Bonchev–Trinajstić information content (AvgIpc) is 3.06. The number of hydrogen-bond acceptors (Lipinski definition) is 1. The smallest absolute Gasteiger partial charge is 0.429 e. The van der Waals surface area contributed by atoms with Gasteiger partial charge in [0, 0.05) is 28.7 Å². The summed E-state index contributed by atoms with van der Waals surface area (Å²) in [4.78, 5) is 0. The molecule has 49 heavy (non-hydrogen) atoms. The second-order valence-corrected chi connectivity index (χ2v) is 12.3. The summed E-state index contributed by atoms with van der Waals surface area (Å²) in [7, 11) is 0. The summed E-state index contributed by atoms with van der Waals surface area (Å²) < 4.78 is 150. The maximum atomic E-state index is 15.0. The molecule has 0 saturated heterocycles. The second kappa shape index (κ2) is 15.1. The van der Waals surface area contributed by atoms with Crippen LogP contribution < -0.4 is 4.74 Å². The van der Waals surface area contributed by atoms with Crippen molar-refractivity contribution >= 4 is 5.83 Å². The third-order valence-electron chi connectivity index (χ3n) is 8.93. The van der Waals surface area contributed by atoms with Gasteiger partial charge in [-0.1, -0.05) is 50.8 Å². The van der Waals surface area contributed by atoms with Gasteiger partial charge in [-0.3, -0.25) is 0 Å². The van der Waals surface area contributed by atoms with Crippen LogP contribution in [0.5, 0.6) is 5.75 Å². The van der Waals surface area contributed by atoms with Crippen LogP contribution in [-0.2, 0) is 6.11 Å². The third-order valence-corrected chi connectivity index (χ3v) is 8.93. The van der Waals surface area contributed by atoms with E-state index >= 15 is 22.0 Å². The van der Waals surface area contributed by atoms with Crippen molar-refractivity contribution in [2.24, 2.45) is 11.8 Å². The SMILES string of the molecule is CCCCCC1CCC(C(F)=C(F)c2ccc(C(F)(F)Oc3ccc(-c4ccc(-c5cc(F)c(F)c(F)c5)c(F)c4)c(F)c3)c(F)c2)CC1. The van der Waals surface area contributed by atoms with Gasteiger partial charge in [0.1, 0.15) is 29.0 Å². The number of unbranched alkanes of at least 4 members (excludes halogenated alkanes) is 2. The molecule has 4 aromatic rings. The highest BCUT2D eigenvalue weighted by molar-refractivity contribution is 5.72. The lowest BCUT2D eigenvalue weighted by atomic mass is 9.79. The van der Waals surface area contributed by atoms with Gasteiger partial charge in [-0.05, 0) is 85.2 Å². The lowest BCUT2D eigenvalue weighted by molar-refractivity contribution is -0.187. The Bertz CT molecular complexity index is 1820. The van der Waals surface area contributed by atoms with Crippen LogP contribution in [-0.4, -0.2) is 0 Å². The Morgan fingerprint density at radius 2 is 1.29 bits per heavy atom. The van der Waals surface area contributed by atoms with Crippen LogP contribution in [0, 0.1) is 46.7 Å². The number of hydrogen-bond donors (Lipinski definition) is 0. The molecule has 1 aliphatic rings. The molecule has 1 saturated carbocycles. The molecule has 0 amide bonds. The number of halogens is 10. The van der Waals surface area contributed by atoms with Gasteiger partial charge in [0.25, 0.3) is 0 Å². The predicted octanol–water partition coefficient (Wildman–Crippen LogP) is 13.0. The Kier molecular flexibility index (Phi) is 11.1.